The molecule has 0 aromatic carbocycles. The Morgan fingerprint density at radius 2 is 1.47 bits per heavy atom. The van der Waals surface area contributed by atoms with Gasteiger partial charge < -0.3 is 0 Å². The number of halogens is 4. The van der Waals surface area contributed by atoms with Crippen LogP contribution in [0, 0.1) is 23.5 Å². The third kappa shape index (κ3) is 2.18. The second-order valence-corrected chi connectivity index (χ2v) is 3.73. The highest BCUT2D eigenvalue weighted by molar-refractivity contribution is 5.34. The van der Waals surface area contributed by atoms with Crippen LogP contribution in [0.4, 0.5) is 17.6 Å². The lowest BCUT2D eigenvalue weighted by Crippen LogP contribution is -2.12. The maximum Gasteiger partial charge on any atom is 0.254 e. The zero-order chi connectivity index (χ0) is 14.2. The van der Waals surface area contributed by atoms with E-state index < -0.39 is 29.2 Å². The van der Waals surface area contributed by atoms with Gasteiger partial charge in [-0.1, -0.05) is 13.8 Å². The van der Waals surface area contributed by atoms with E-state index in [9.17, 15) is 17.6 Å². The topological polar surface area (TPSA) is 43.6 Å². The van der Waals surface area contributed by atoms with Gasteiger partial charge in [-0.25, -0.2) is 9.67 Å². The smallest absolute Gasteiger partial charge is 0.216 e. The lowest BCUT2D eigenvalue weighted by Gasteiger charge is -2.07. The van der Waals surface area contributed by atoms with E-state index in [1.54, 1.807) is 13.8 Å². The number of nitrogens with zero attached hydrogens (tertiary/aromatic N) is 4. The summed E-state index contributed by atoms with van der Waals surface area (Å²) in [6, 6.07) is 0. The molecule has 0 unspecified atom stereocenters. The number of aryl methyl sites for hydroxylation is 2. The fraction of sp³-hybridized carbons (Fsp3) is 0.364. The molecule has 2 aromatic heterocycles. The highest BCUT2D eigenvalue weighted by atomic mass is 19.2. The molecule has 0 saturated carbocycles. The second kappa shape index (κ2) is 4.94. The van der Waals surface area contributed by atoms with E-state index in [4.69, 9.17) is 0 Å². The van der Waals surface area contributed by atoms with Gasteiger partial charge >= 0.3 is 0 Å². The molecule has 0 amide bonds. The molecule has 0 bridgehead atoms. The SMILES string of the molecule is CCc1nc(CC)n(-c2c(F)c(F)nc(F)c2F)n1. The molecule has 2 heterocycles. The third-order valence-corrected chi connectivity index (χ3v) is 2.54. The quantitative estimate of drug-likeness (QED) is 0.637. The maximum atomic E-state index is 13.6. The van der Waals surface area contributed by atoms with Crippen molar-refractivity contribution in [2.75, 3.05) is 0 Å². The minimum atomic E-state index is -1.72. The van der Waals surface area contributed by atoms with Crippen molar-refractivity contribution in [3.63, 3.8) is 0 Å². The van der Waals surface area contributed by atoms with E-state index in [1.165, 1.54) is 0 Å². The number of aromatic nitrogens is 4. The molecule has 0 spiro atoms. The van der Waals surface area contributed by atoms with Gasteiger partial charge in [0.05, 0.1) is 0 Å². The van der Waals surface area contributed by atoms with Gasteiger partial charge in [-0.2, -0.15) is 27.6 Å². The van der Waals surface area contributed by atoms with Crippen molar-refractivity contribution >= 4 is 0 Å². The molecule has 0 saturated heterocycles. The summed E-state index contributed by atoms with van der Waals surface area (Å²) in [5.74, 6) is -6.09. The molecule has 0 radical (unpaired) electrons. The first-order valence-electron chi connectivity index (χ1n) is 5.64. The van der Waals surface area contributed by atoms with Gasteiger partial charge in [0.1, 0.15) is 11.5 Å². The molecule has 4 nitrogen and oxygen atoms in total. The monoisotopic (exact) mass is 274 g/mol. The fourth-order valence-electron chi connectivity index (χ4n) is 1.61. The first-order chi connectivity index (χ1) is 8.99. The lowest BCUT2D eigenvalue weighted by molar-refractivity contribution is 0.399. The van der Waals surface area contributed by atoms with Gasteiger partial charge in [0.25, 0.3) is 11.9 Å². The molecule has 19 heavy (non-hydrogen) atoms. The summed E-state index contributed by atoms with van der Waals surface area (Å²) in [4.78, 5) is 6.51. The van der Waals surface area contributed by atoms with E-state index in [2.05, 4.69) is 15.1 Å². The van der Waals surface area contributed by atoms with Crippen molar-refractivity contribution in [2.24, 2.45) is 0 Å². The molecular weight excluding hydrogens is 264 g/mol. The molecule has 0 N–H and O–H groups in total. The van der Waals surface area contributed by atoms with Gasteiger partial charge in [-0.3, -0.25) is 0 Å². The average molecular weight is 274 g/mol. The van der Waals surface area contributed by atoms with Crippen molar-refractivity contribution in [1.82, 2.24) is 19.7 Å². The number of hydrogen-bond acceptors (Lipinski definition) is 3. The standard InChI is InChI=1S/C11H10F4N4/c1-3-5-16-6(4-2)19(18-5)9-7(12)10(14)17-11(15)8(9)13/h3-4H2,1-2H3. The van der Waals surface area contributed by atoms with E-state index in [0.717, 1.165) is 4.68 Å². The van der Waals surface area contributed by atoms with E-state index in [0.29, 0.717) is 18.7 Å². The van der Waals surface area contributed by atoms with Crippen molar-refractivity contribution in [3.8, 4) is 5.69 Å². The summed E-state index contributed by atoms with van der Waals surface area (Å²) in [7, 11) is 0. The Kier molecular flexibility index (Phi) is 3.50. The van der Waals surface area contributed by atoms with Gasteiger partial charge in [0.2, 0.25) is 11.6 Å². The van der Waals surface area contributed by atoms with Gasteiger partial charge in [0, 0.05) is 12.8 Å². The number of hydrogen-bond donors (Lipinski definition) is 0. The van der Waals surface area contributed by atoms with Crippen LogP contribution in [0.15, 0.2) is 0 Å². The molecule has 102 valence electrons. The minimum absolute atomic E-state index is 0.208. The Morgan fingerprint density at radius 1 is 0.895 bits per heavy atom. The Balaban J connectivity index is 2.74. The van der Waals surface area contributed by atoms with Crippen LogP contribution in [0.1, 0.15) is 25.5 Å². The molecule has 0 atom stereocenters. The Morgan fingerprint density at radius 3 is 1.95 bits per heavy atom. The van der Waals surface area contributed by atoms with Crippen LogP contribution in [-0.2, 0) is 12.8 Å². The zero-order valence-electron chi connectivity index (χ0n) is 10.2. The minimum Gasteiger partial charge on any atom is -0.216 e. The lowest BCUT2D eigenvalue weighted by atomic mass is 10.3. The summed E-state index contributed by atoms with van der Waals surface area (Å²) in [6.07, 6.45) is 0.733. The van der Waals surface area contributed by atoms with E-state index in [-0.39, 0.29) is 5.82 Å². The van der Waals surface area contributed by atoms with Crippen LogP contribution in [0.2, 0.25) is 0 Å². The first-order valence-corrected chi connectivity index (χ1v) is 5.64. The predicted molar refractivity (Wildman–Crippen MR) is 57.7 cm³/mol. The molecule has 2 aromatic rings. The predicted octanol–water partition coefficient (Wildman–Crippen LogP) is 2.34. The maximum absolute atomic E-state index is 13.6. The van der Waals surface area contributed by atoms with Crippen LogP contribution in [0.25, 0.3) is 5.69 Å². The summed E-state index contributed by atoms with van der Waals surface area (Å²) in [5, 5.41) is 3.84. The second-order valence-electron chi connectivity index (χ2n) is 3.73. The van der Waals surface area contributed by atoms with Crippen molar-refractivity contribution < 1.29 is 17.6 Å². The van der Waals surface area contributed by atoms with Crippen molar-refractivity contribution in [3.05, 3.63) is 35.2 Å². The highest BCUT2D eigenvalue weighted by Crippen LogP contribution is 2.22. The Labute approximate surface area is 106 Å². The van der Waals surface area contributed by atoms with Crippen LogP contribution < -0.4 is 0 Å². The summed E-state index contributed by atoms with van der Waals surface area (Å²) in [6.45, 7) is 3.43. The summed E-state index contributed by atoms with van der Waals surface area (Å²) in [5.41, 5.74) is -0.936. The fourth-order valence-corrected chi connectivity index (χ4v) is 1.61. The molecule has 0 fully saturated rings. The molecule has 0 aliphatic heterocycles. The number of rotatable bonds is 3. The van der Waals surface area contributed by atoms with Gasteiger partial charge in [-0.05, 0) is 0 Å². The summed E-state index contributed by atoms with van der Waals surface area (Å²) < 4.78 is 54.2. The van der Waals surface area contributed by atoms with E-state index in [1.807, 2.05) is 0 Å². The molecular formula is C11H10F4N4. The van der Waals surface area contributed by atoms with E-state index >= 15 is 0 Å². The van der Waals surface area contributed by atoms with Crippen LogP contribution in [0.5, 0.6) is 0 Å². The number of pyridine rings is 1. The third-order valence-electron chi connectivity index (χ3n) is 2.54. The highest BCUT2D eigenvalue weighted by Gasteiger charge is 2.25. The Bertz CT molecular complexity index is 597. The Hall–Kier alpha value is -1.99. The van der Waals surface area contributed by atoms with Crippen molar-refractivity contribution in [1.29, 1.82) is 0 Å². The van der Waals surface area contributed by atoms with Crippen LogP contribution in [0.3, 0.4) is 0 Å². The zero-order valence-corrected chi connectivity index (χ0v) is 10.2. The average Bonchev–Trinajstić information content (AvgIpc) is 2.80. The van der Waals surface area contributed by atoms with Gasteiger partial charge in [-0.15, -0.1) is 0 Å². The normalized spacial score (nSPS) is 11.1. The van der Waals surface area contributed by atoms with Gasteiger partial charge in [0.15, 0.2) is 5.82 Å². The molecule has 2 rings (SSSR count). The molecule has 0 aliphatic rings. The largest absolute Gasteiger partial charge is 0.254 e. The molecule has 0 aliphatic carbocycles. The first kappa shape index (κ1) is 13.4. The van der Waals surface area contributed by atoms with Crippen LogP contribution >= 0.6 is 0 Å². The summed E-state index contributed by atoms with van der Waals surface area (Å²) >= 11 is 0. The molecule has 8 heteroatoms. The van der Waals surface area contributed by atoms with Crippen LogP contribution in [-0.4, -0.2) is 19.7 Å². The van der Waals surface area contributed by atoms with Crippen molar-refractivity contribution in [2.45, 2.75) is 26.7 Å².